The number of ether oxygens (including phenoxy) is 1. The summed E-state index contributed by atoms with van der Waals surface area (Å²) in [6.45, 7) is 8.65. The van der Waals surface area contributed by atoms with E-state index in [2.05, 4.69) is 6.58 Å². The Morgan fingerprint density at radius 1 is 1.50 bits per heavy atom. The van der Waals surface area contributed by atoms with Gasteiger partial charge in [0.2, 0.25) is 5.78 Å². The van der Waals surface area contributed by atoms with Crippen molar-refractivity contribution in [1.29, 1.82) is 10.5 Å². The van der Waals surface area contributed by atoms with Crippen molar-refractivity contribution in [2.24, 2.45) is 0 Å². The van der Waals surface area contributed by atoms with Crippen molar-refractivity contribution in [2.45, 2.75) is 32.5 Å². The van der Waals surface area contributed by atoms with Gasteiger partial charge in [-0.05, 0) is 26.3 Å². The van der Waals surface area contributed by atoms with Gasteiger partial charge in [0.05, 0.1) is 22.8 Å². The van der Waals surface area contributed by atoms with Crippen molar-refractivity contribution in [3.8, 4) is 12.1 Å². The summed E-state index contributed by atoms with van der Waals surface area (Å²) in [5.74, 6) is -0.538. The van der Waals surface area contributed by atoms with E-state index in [1.807, 2.05) is 6.07 Å². The lowest BCUT2D eigenvalue weighted by molar-refractivity contribution is -0.127. The molecule has 1 aliphatic heterocycles. The summed E-state index contributed by atoms with van der Waals surface area (Å²) in [5.41, 5.74) is 0.162. The van der Waals surface area contributed by atoms with E-state index in [0.29, 0.717) is 0 Å². The Labute approximate surface area is 94.4 Å². The van der Waals surface area contributed by atoms with Crippen LogP contribution in [0, 0.1) is 22.7 Å². The molecule has 0 aliphatic carbocycles. The summed E-state index contributed by atoms with van der Waals surface area (Å²) < 4.78 is 5.49. The molecule has 1 unspecified atom stereocenters. The molecular weight excluding hydrogens is 204 g/mol. The first-order chi connectivity index (χ1) is 7.35. The maximum Gasteiger partial charge on any atom is 0.206 e. The van der Waals surface area contributed by atoms with Crippen LogP contribution in [-0.4, -0.2) is 17.5 Å². The van der Waals surface area contributed by atoms with Crippen LogP contribution >= 0.6 is 0 Å². The summed E-state index contributed by atoms with van der Waals surface area (Å²) in [6.07, 6.45) is -0.979. The lowest BCUT2D eigenvalue weighted by atomic mass is 9.95. The number of hydrogen-bond donors (Lipinski definition) is 0. The van der Waals surface area contributed by atoms with E-state index in [9.17, 15) is 4.79 Å². The van der Waals surface area contributed by atoms with Crippen LogP contribution in [0.3, 0.4) is 0 Å². The molecular formula is C12H12N2O2. The molecule has 0 aromatic rings. The molecule has 1 heterocycles. The van der Waals surface area contributed by atoms with Gasteiger partial charge in [0, 0.05) is 0 Å². The van der Waals surface area contributed by atoms with E-state index < -0.39 is 17.5 Å². The van der Waals surface area contributed by atoms with E-state index >= 15 is 0 Å². The number of ketones is 1. The van der Waals surface area contributed by atoms with Crippen LogP contribution in [0.4, 0.5) is 0 Å². The average molecular weight is 216 g/mol. The molecule has 16 heavy (non-hydrogen) atoms. The van der Waals surface area contributed by atoms with Gasteiger partial charge in [-0.15, -0.1) is 0 Å². The number of hydrogen-bond acceptors (Lipinski definition) is 4. The topological polar surface area (TPSA) is 73.9 Å². The van der Waals surface area contributed by atoms with Crippen molar-refractivity contribution in [2.75, 3.05) is 0 Å². The van der Waals surface area contributed by atoms with Crippen LogP contribution in [0.15, 0.2) is 23.3 Å². The molecule has 82 valence electrons. The van der Waals surface area contributed by atoms with E-state index in [1.54, 1.807) is 26.8 Å². The van der Waals surface area contributed by atoms with Crippen LogP contribution in [-0.2, 0) is 9.53 Å². The van der Waals surface area contributed by atoms with Crippen LogP contribution in [0.2, 0.25) is 0 Å². The number of carbonyl (C=O) groups excluding carboxylic acids is 1. The molecule has 0 saturated heterocycles. The minimum Gasteiger partial charge on any atom is -0.354 e. The summed E-state index contributed by atoms with van der Waals surface area (Å²) >= 11 is 0. The second-order valence-electron chi connectivity index (χ2n) is 4.11. The fraction of sp³-hybridized carbons (Fsp3) is 0.417. The molecule has 0 bridgehead atoms. The highest BCUT2D eigenvalue weighted by molar-refractivity contribution is 6.04. The fourth-order valence-corrected chi connectivity index (χ4v) is 1.50. The molecule has 0 amide bonds. The minimum atomic E-state index is -0.979. The summed E-state index contributed by atoms with van der Waals surface area (Å²) in [5, 5.41) is 17.6. The first-order valence-electron chi connectivity index (χ1n) is 4.77. The van der Waals surface area contributed by atoms with Crippen molar-refractivity contribution in [3.05, 3.63) is 23.3 Å². The first-order valence-corrected chi connectivity index (χ1v) is 4.77. The van der Waals surface area contributed by atoms with Gasteiger partial charge in [0.25, 0.3) is 0 Å². The average Bonchev–Trinajstić information content (AvgIpc) is 2.48. The molecule has 1 atom stereocenters. The van der Waals surface area contributed by atoms with E-state index in [1.165, 1.54) is 0 Å². The SMILES string of the molecule is C=C(C#N)C(=O)C1OC(C)(C)C(C)=C1C#N. The number of Topliss-reactive ketones (excluding diaryl/α,β-unsaturated/α-hetero) is 1. The first kappa shape index (κ1) is 12.2. The second-order valence-corrected chi connectivity index (χ2v) is 4.11. The van der Waals surface area contributed by atoms with Crippen molar-refractivity contribution in [3.63, 3.8) is 0 Å². The Morgan fingerprint density at radius 2 is 2.06 bits per heavy atom. The zero-order chi connectivity index (χ0) is 12.5. The molecule has 0 N–H and O–H groups in total. The van der Waals surface area contributed by atoms with Crippen LogP contribution in [0.5, 0.6) is 0 Å². The molecule has 0 aromatic carbocycles. The molecule has 0 fully saturated rings. The van der Waals surface area contributed by atoms with Gasteiger partial charge in [-0.1, -0.05) is 6.58 Å². The highest BCUT2D eigenvalue weighted by Crippen LogP contribution is 2.36. The monoisotopic (exact) mass is 216 g/mol. The normalized spacial score (nSPS) is 22.4. The van der Waals surface area contributed by atoms with Crippen molar-refractivity contribution >= 4 is 5.78 Å². The van der Waals surface area contributed by atoms with Gasteiger partial charge < -0.3 is 4.74 Å². The third-order valence-corrected chi connectivity index (χ3v) is 2.77. The second kappa shape index (κ2) is 3.92. The Morgan fingerprint density at radius 3 is 2.50 bits per heavy atom. The highest BCUT2D eigenvalue weighted by atomic mass is 16.5. The van der Waals surface area contributed by atoms with Crippen LogP contribution in [0.25, 0.3) is 0 Å². The Hall–Kier alpha value is -1.91. The predicted octanol–water partition coefficient (Wildman–Crippen LogP) is 1.65. The van der Waals surface area contributed by atoms with Crippen LogP contribution < -0.4 is 0 Å². The standard InChI is InChI=1S/C12H12N2O2/c1-7(5-13)10(15)11-9(6-14)8(2)12(3,4)16-11/h11H,1H2,2-4H3. The molecule has 0 saturated carbocycles. The quantitative estimate of drug-likeness (QED) is 0.519. The number of carbonyl (C=O) groups is 1. The predicted molar refractivity (Wildman–Crippen MR) is 57.0 cm³/mol. The largest absolute Gasteiger partial charge is 0.354 e. The van der Waals surface area contributed by atoms with Gasteiger partial charge in [-0.25, -0.2) is 0 Å². The van der Waals surface area contributed by atoms with Gasteiger partial charge in [0.15, 0.2) is 6.10 Å². The molecule has 4 nitrogen and oxygen atoms in total. The van der Waals surface area contributed by atoms with E-state index in [4.69, 9.17) is 15.3 Å². The molecule has 1 aliphatic rings. The van der Waals surface area contributed by atoms with Crippen LogP contribution in [0.1, 0.15) is 20.8 Å². The minimum absolute atomic E-state index is 0.191. The van der Waals surface area contributed by atoms with Crippen molar-refractivity contribution < 1.29 is 9.53 Å². The Bertz CT molecular complexity index is 472. The highest BCUT2D eigenvalue weighted by Gasteiger charge is 2.42. The molecule has 0 spiro atoms. The van der Waals surface area contributed by atoms with E-state index in [0.717, 1.165) is 5.57 Å². The molecule has 0 radical (unpaired) electrons. The molecule has 4 heteroatoms. The number of nitriles is 2. The Balaban J connectivity index is 3.15. The molecule has 1 rings (SSSR count). The summed E-state index contributed by atoms with van der Waals surface area (Å²) in [4.78, 5) is 11.7. The lowest BCUT2D eigenvalue weighted by Crippen LogP contribution is -2.29. The maximum atomic E-state index is 11.7. The van der Waals surface area contributed by atoms with Crippen molar-refractivity contribution in [1.82, 2.24) is 0 Å². The smallest absolute Gasteiger partial charge is 0.206 e. The van der Waals surface area contributed by atoms with Gasteiger partial charge >= 0.3 is 0 Å². The summed E-state index contributed by atoms with van der Waals surface area (Å²) in [6, 6.07) is 3.63. The maximum absolute atomic E-state index is 11.7. The third-order valence-electron chi connectivity index (χ3n) is 2.77. The van der Waals surface area contributed by atoms with E-state index in [-0.39, 0.29) is 11.1 Å². The zero-order valence-corrected chi connectivity index (χ0v) is 9.50. The fourth-order valence-electron chi connectivity index (χ4n) is 1.50. The number of rotatable bonds is 2. The molecule has 0 aromatic heterocycles. The lowest BCUT2D eigenvalue weighted by Gasteiger charge is -2.21. The Kier molecular flexibility index (Phi) is 2.98. The van der Waals surface area contributed by atoms with Gasteiger partial charge in [-0.2, -0.15) is 10.5 Å². The van der Waals surface area contributed by atoms with Gasteiger partial charge in [-0.3, -0.25) is 4.79 Å². The number of nitrogens with zero attached hydrogens (tertiary/aromatic N) is 2. The third kappa shape index (κ3) is 1.76. The zero-order valence-electron chi connectivity index (χ0n) is 9.50. The summed E-state index contributed by atoms with van der Waals surface area (Å²) in [7, 11) is 0. The van der Waals surface area contributed by atoms with Gasteiger partial charge in [0.1, 0.15) is 6.07 Å².